The number of hydrogen-bond donors (Lipinski definition) is 4. The number of hydrogen-bond acceptors (Lipinski definition) is 5. The van der Waals surface area contributed by atoms with E-state index in [9.17, 15) is 15.4 Å². The summed E-state index contributed by atoms with van der Waals surface area (Å²) in [5.74, 6) is 0. The molecule has 2 fully saturated rings. The molecule has 0 aromatic heterocycles. The van der Waals surface area contributed by atoms with Gasteiger partial charge in [-0.3, -0.25) is 0 Å². The van der Waals surface area contributed by atoms with E-state index in [0.717, 1.165) is 25.7 Å². The van der Waals surface area contributed by atoms with Crippen molar-refractivity contribution in [2.24, 2.45) is 0 Å². The zero-order valence-corrected chi connectivity index (χ0v) is 15.7. The van der Waals surface area contributed by atoms with E-state index in [2.05, 4.69) is 26.1 Å². The van der Waals surface area contributed by atoms with E-state index in [0.29, 0.717) is 12.8 Å². The van der Waals surface area contributed by atoms with E-state index in [-0.39, 0.29) is 23.3 Å². The van der Waals surface area contributed by atoms with E-state index in [1.165, 1.54) is 5.06 Å². The molecule has 0 saturated carbocycles. The van der Waals surface area contributed by atoms with Crippen molar-refractivity contribution in [3.05, 3.63) is 0 Å². The van der Waals surface area contributed by atoms with Gasteiger partial charge >= 0.3 is 0 Å². The summed E-state index contributed by atoms with van der Waals surface area (Å²) in [5.41, 5.74) is -1.11. The lowest BCUT2D eigenvalue weighted by Crippen LogP contribution is -2.64. The Bertz CT molecular complexity index is 440. The SMILES string of the molecule is CC1(C)CC(O)CC(C)(CCC2(C)CC(O)CC(C)(C)N2O)N1. The van der Waals surface area contributed by atoms with Gasteiger partial charge in [-0.1, -0.05) is 0 Å². The minimum atomic E-state index is -0.446. The van der Waals surface area contributed by atoms with Gasteiger partial charge in [0.2, 0.25) is 0 Å². The minimum Gasteiger partial charge on any atom is -0.393 e. The summed E-state index contributed by atoms with van der Waals surface area (Å²) in [7, 11) is 0. The van der Waals surface area contributed by atoms with Gasteiger partial charge in [-0.05, 0) is 80.1 Å². The summed E-state index contributed by atoms with van der Waals surface area (Å²) in [6, 6.07) is 0. The van der Waals surface area contributed by atoms with Crippen LogP contribution in [0.2, 0.25) is 0 Å². The molecule has 0 bridgehead atoms. The van der Waals surface area contributed by atoms with Crippen molar-refractivity contribution >= 4 is 0 Å². The van der Waals surface area contributed by atoms with Crippen LogP contribution in [0.15, 0.2) is 0 Å². The second-order valence-electron chi connectivity index (χ2n) is 9.81. The molecule has 0 radical (unpaired) electrons. The average molecular weight is 328 g/mol. The molecule has 0 spiro atoms. The molecule has 5 nitrogen and oxygen atoms in total. The zero-order valence-electron chi connectivity index (χ0n) is 15.7. The third-order valence-electron chi connectivity index (χ3n) is 5.78. The van der Waals surface area contributed by atoms with Gasteiger partial charge in [-0.2, -0.15) is 5.06 Å². The molecule has 2 saturated heterocycles. The molecule has 0 aromatic rings. The Balaban J connectivity index is 2.09. The first-order valence-corrected chi connectivity index (χ1v) is 8.92. The van der Waals surface area contributed by atoms with Crippen LogP contribution in [0.1, 0.15) is 80.1 Å². The molecule has 136 valence electrons. The normalized spacial score (nSPS) is 44.2. The number of piperidine rings is 2. The second-order valence-corrected chi connectivity index (χ2v) is 9.81. The minimum absolute atomic E-state index is 0.0857. The summed E-state index contributed by atoms with van der Waals surface area (Å²) < 4.78 is 0. The topological polar surface area (TPSA) is 76.0 Å². The third-order valence-corrected chi connectivity index (χ3v) is 5.78. The van der Waals surface area contributed by atoms with Crippen LogP contribution >= 0.6 is 0 Å². The van der Waals surface area contributed by atoms with Crippen molar-refractivity contribution < 1.29 is 15.4 Å². The van der Waals surface area contributed by atoms with E-state index < -0.39 is 11.1 Å². The fraction of sp³-hybridized carbons (Fsp3) is 1.00. The number of rotatable bonds is 3. The fourth-order valence-electron chi connectivity index (χ4n) is 5.08. The Morgan fingerprint density at radius 3 is 2.00 bits per heavy atom. The van der Waals surface area contributed by atoms with Crippen molar-refractivity contribution in [3.8, 4) is 0 Å². The Morgan fingerprint density at radius 1 is 0.870 bits per heavy atom. The highest BCUT2D eigenvalue weighted by atomic mass is 16.5. The Kier molecular flexibility index (Phi) is 4.95. The number of hydroxylamine groups is 2. The number of aliphatic hydroxyl groups is 2. The highest BCUT2D eigenvalue weighted by molar-refractivity contribution is 5.03. The summed E-state index contributed by atoms with van der Waals surface area (Å²) >= 11 is 0. The third kappa shape index (κ3) is 4.26. The first-order chi connectivity index (χ1) is 10.3. The maximum absolute atomic E-state index is 10.7. The summed E-state index contributed by atoms with van der Waals surface area (Å²) in [6.45, 7) is 12.4. The van der Waals surface area contributed by atoms with Crippen LogP contribution in [-0.2, 0) is 0 Å². The Morgan fingerprint density at radius 2 is 1.43 bits per heavy atom. The van der Waals surface area contributed by atoms with Gasteiger partial charge in [0.25, 0.3) is 0 Å². The fourth-order valence-corrected chi connectivity index (χ4v) is 5.08. The van der Waals surface area contributed by atoms with Crippen molar-refractivity contribution in [2.45, 2.75) is 114 Å². The van der Waals surface area contributed by atoms with Crippen molar-refractivity contribution in [2.75, 3.05) is 0 Å². The van der Waals surface area contributed by atoms with E-state index in [1.54, 1.807) is 0 Å². The van der Waals surface area contributed by atoms with Crippen LogP contribution in [-0.4, -0.2) is 54.8 Å². The Labute approximate surface area is 141 Å². The maximum atomic E-state index is 10.7. The molecular weight excluding hydrogens is 292 g/mol. The predicted molar refractivity (Wildman–Crippen MR) is 91.4 cm³/mol. The summed E-state index contributed by atoms with van der Waals surface area (Å²) in [6.07, 6.45) is 3.60. The molecule has 2 aliphatic heterocycles. The zero-order chi connectivity index (χ0) is 17.7. The van der Waals surface area contributed by atoms with Gasteiger partial charge in [0.1, 0.15) is 0 Å². The first kappa shape index (κ1) is 19.1. The lowest BCUT2D eigenvalue weighted by Gasteiger charge is -2.54. The van der Waals surface area contributed by atoms with Crippen LogP contribution in [0.4, 0.5) is 0 Å². The van der Waals surface area contributed by atoms with E-state index in [1.807, 2.05) is 20.8 Å². The van der Waals surface area contributed by atoms with Gasteiger partial charge < -0.3 is 20.7 Å². The highest BCUT2D eigenvalue weighted by Crippen LogP contribution is 2.42. The molecule has 0 aromatic carbocycles. The largest absolute Gasteiger partial charge is 0.393 e. The van der Waals surface area contributed by atoms with Gasteiger partial charge in [-0.15, -0.1) is 0 Å². The quantitative estimate of drug-likeness (QED) is 0.640. The molecule has 4 unspecified atom stereocenters. The number of nitrogens with zero attached hydrogens (tertiary/aromatic N) is 1. The molecule has 2 aliphatic rings. The lowest BCUT2D eigenvalue weighted by molar-refractivity contribution is -0.265. The maximum Gasteiger partial charge on any atom is 0.0577 e. The van der Waals surface area contributed by atoms with Crippen LogP contribution in [0.5, 0.6) is 0 Å². The van der Waals surface area contributed by atoms with Crippen LogP contribution in [0.3, 0.4) is 0 Å². The monoisotopic (exact) mass is 328 g/mol. The van der Waals surface area contributed by atoms with Gasteiger partial charge in [0.05, 0.1) is 12.2 Å². The average Bonchev–Trinajstić information content (AvgIpc) is 2.30. The molecular formula is C18H36N2O3. The van der Waals surface area contributed by atoms with Crippen LogP contribution < -0.4 is 5.32 Å². The van der Waals surface area contributed by atoms with Crippen LogP contribution in [0, 0.1) is 0 Å². The van der Waals surface area contributed by atoms with Crippen molar-refractivity contribution in [3.63, 3.8) is 0 Å². The first-order valence-electron chi connectivity index (χ1n) is 8.92. The summed E-state index contributed by atoms with van der Waals surface area (Å²) in [4.78, 5) is 0. The molecule has 0 amide bonds. The Hall–Kier alpha value is -0.200. The molecule has 4 N–H and O–H groups in total. The van der Waals surface area contributed by atoms with Crippen molar-refractivity contribution in [1.82, 2.24) is 10.4 Å². The van der Waals surface area contributed by atoms with Crippen LogP contribution in [0.25, 0.3) is 0 Å². The number of aliphatic hydroxyl groups excluding tert-OH is 2. The van der Waals surface area contributed by atoms with Gasteiger partial charge in [0.15, 0.2) is 0 Å². The standard InChI is InChI=1S/C18H36N2O3/c1-15(2)9-13(21)11-17(5,19-15)7-8-18(6)12-14(22)10-16(3,4)20(18)23/h13-14,19,21-23H,7-12H2,1-6H3. The molecule has 5 heteroatoms. The molecule has 23 heavy (non-hydrogen) atoms. The van der Waals surface area contributed by atoms with Crippen molar-refractivity contribution in [1.29, 1.82) is 0 Å². The molecule has 2 rings (SSSR count). The molecule has 0 aliphatic carbocycles. The smallest absolute Gasteiger partial charge is 0.0577 e. The summed E-state index contributed by atoms with van der Waals surface area (Å²) in [5, 5.41) is 36.3. The predicted octanol–water partition coefficient (Wildman–Crippen LogP) is 2.43. The highest BCUT2D eigenvalue weighted by Gasteiger charge is 2.48. The lowest BCUT2D eigenvalue weighted by atomic mass is 9.72. The van der Waals surface area contributed by atoms with E-state index >= 15 is 0 Å². The number of nitrogens with one attached hydrogen (secondary N) is 1. The molecule has 4 atom stereocenters. The van der Waals surface area contributed by atoms with E-state index in [4.69, 9.17) is 0 Å². The van der Waals surface area contributed by atoms with Gasteiger partial charge in [0, 0.05) is 22.2 Å². The van der Waals surface area contributed by atoms with Gasteiger partial charge in [-0.25, -0.2) is 0 Å². The molecule has 2 heterocycles. The second kappa shape index (κ2) is 5.95.